The van der Waals surface area contributed by atoms with Crippen molar-refractivity contribution in [2.75, 3.05) is 6.54 Å². The molecule has 8 unspecified atom stereocenters. The van der Waals surface area contributed by atoms with E-state index in [0.29, 0.717) is 3.42 Å². The highest BCUT2D eigenvalue weighted by Crippen LogP contribution is 2.59. The number of hydrogen-bond acceptors (Lipinski definition) is 1. The second-order valence-electron chi connectivity index (χ2n) is 11.9. The average molecular weight is 532 g/mol. The van der Waals surface area contributed by atoms with E-state index >= 15 is 0 Å². The van der Waals surface area contributed by atoms with Crippen LogP contribution in [0.15, 0.2) is 0 Å². The summed E-state index contributed by atoms with van der Waals surface area (Å²) in [5.41, 5.74) is 0. The second kappa shape index (κ2) is 12.8. The summed E-state index contributed by atoms with van der Waals surface area (Å²) in [5.74, 6) is 6.37. The Morgan fingerprint density at radius 3 is 2.33 bits per heavy atom. The quantitative estimate of drug-likeness (QED) is 0.174. The fourth-order valence-corrected chi connectivity index (χ4v) is 7.65. The summed E-state index contributed by atoms with van der Waals surface area (Å²) < 4.78 is 0.640. The second-order valence-corrected chi connectivity index (χ2v) is 14.1. The van der Waals surface area contributed by atoms with Crippen molar-refractivity contribution in [3.8, 4) is 0 Å². The molecule has 0 aliphatic heterocycles. The Kier molecular flexibility index (Phi) is 11.5. The number of rotatable bonds is 14. The Morgan fingerprint density at radius 1 is 0.967 bits per heavy atom. The summed E-state index contributed by atoms with van der Waals surface area (Å²) in [6, 6.07) is 0.801. The third-order valence-electron chi connectivity index (χ3n) is 9.23. The zero-order valence-corrected chi connectivity index (χ0v) is 23.6. The molecule has 2 aliphatic carbocycles. The van der Waals surface area contributed by atoms with Gasteiger partial charge in [-0.1, -0.05) is 110 Å². The van der Waals surface area contributed by atoms with Gasteiger partial charge in [-0.15, -0.1) is 0 Å². The van der Waals surface area contributed by atoms with Crippen molar-refractivity contribution in [2.45, 2.75) is 129 Å². The van der Waals surface area contributed by atoms with Crippen LogP contribution in [0.5, 0.6) is 0 Å². The smallest absolute Gasteiger partial charge is 0.0256 e. The molecule has 0 aromatic carbocycles. The molecule has 1 N–H and O–H groups in total. The highest BCUT2D eigenvalue weighted by atomic mass is 127. The summed E-state index contributed by atoms with van der Waals surface area (Å²) in [7, 11) is 0. The molecule has 2 heteroatoms. The van der Waals surface area contributed by atoms with E-state index in [4.69, 9.17) is 0 Å². The molecule has 178 valence electrons. The van der Waals surface area contributed by atoms with Crippen LogP contribution < -0.4 is 5.32 Å². The van der Waals surface area contributed by atoms with Crippen LogP contribution in [0.2, 0.25) is 0 Å². The van der Waals surface area contributed by atoms with Crippen molar-refractivity contribution < 1.29 is 0 Å². The first-order valence-corrected chi connectivity index (χ1v) is 14.7. The van der Waals surface area contributed by atoms with Crippen molar-refractivity contribution >= 4 is 22.6 Å². The molecule has 8 atom stereocenters. The van der Waals surface area contributed by atoms with Crippen LogP contribution in [0.25, 0.3) is 0 Å². The van der Waals surface area contributed by atoms with E-state index in [-0.39, 0.29) is 0 Å². The fraction of sp³-hybridized carbons (Fsp3) is 1.00. The Bertz CT molecular complexity index is 477. The minimum atomic E-state index is 0.640. The molecule has 30 heavy (non-hydrogen) atoms. The standard InChI is InChI=1S/C28H54IN/c1-8-17-30-26-13-9-12-25(18-26)22(5)14-15-23(6)27-19-28(27,29)16-10-11-21(4)24(7)20(2)3/h20-27,30H,8-19H2,1-7H3. The summed E-state index contributed by atoms with van der Waals surface area (Å²) in [5, 5.41) is 3.80. The summed E-state index contributed by atoms with van der Waals surface area (Å²) in [6.07, 6.45) is 15.8. The predicted molar refractivity (Wildman–Crippen MR) is 143 cm³/mol. The van der Waals surface area contributed by atoms with Gasteiger partial charge >= 0.3 is 0 Å². The molecule has 0 radical (unpaired) electrons. The molecule has 2 aliphatic rings. The largest absolute Gasteiger partial charge is 0.314 e. The minimum Gasteiger partial charge on any atom is -0.314 e. The average Bonchev–Trinajstić information content (AvgIpc) is 3.40. The third kappa shape index (κ3) is 8.23. The molecule has 0 amide bonds. The molecule has 0 spiro atoms. The van der Waals surface area contributed by atoms with Crippen LogP contribution in [0, 0.1) is 41.4 Å². The SMILES string of the molecule is CCCNC1CCCC(C(C)CCC(C)C2CC2(I)CCCC(C)C(C)C(C)C)C1. The Balaban J connectivity index is 1.66. The molecular formula is C28H54IN. The Morgan fingerprint density at radius 2 is 1.67 bits per heavy atom. The lowest BCUT2D eigenvalue weighted by molar-refractivity contribution is 0.203. The highest BCUT2D eigenvalue weighted by Gasteiger charge is 2.53. The van der Waals surface area contributed by atoms with Crippen molar-refractivity contribution in [1.82, 2.24) is 5.32 Å². The molecule has 0 bridgehead atoms. The highest BCUT2D eigenvalue weighted by molar-refractivity contribution is 14.1. The van der Waals surface area contributed by atoms with Crippen molar-refractivity contribution in [3.63, 3.8) is 0 Å². The predicted octanol–water partition coefficient (Wildman–Crippen LogP) is 8.89. The maximum atomic E-state index is 3.80. The lowest BCUT2D eigenvalue weighted by atomic mass is 9.76. The normalized spacial score (nSPS) is 33.3. The lowest BCUT2D eigenvalue weighted by Crippen LogP contribution is -2.36. The summed E-state index contributed by atoms with van der Waals surface area (Å²) >= 11 is 2.85. The van der Waals surface area contributed by atoms with Gasteiger partial charge in [0, 0.05) is 9.46 Å². The number of nitrogens with one attached hydrogen (secondary N) is 1. The van der Waals surface area contributed by atoms with Crippen LogP contribution in [-0.2, 0) is 0 Å². The molecule has 0 saturated heterocycles. The topological polar surface area (TPSA) is 12.0 Å². The van der Waals surface area contributed by atoms with Gasteiger partial charge in [0.15, 0.2) is 0 Å². The first-order chi connectivity index (χ1) is 14.2. The third-order valence-corrected chi connectivity index (χ3v) is 11.0. The minimum absolute atomic E-state index is 0.640. The van der Waals surface area contributed by atoms with Gasteiger partial charge in [-0.2, -0.15) is 0 Å². The molecule has 0 aromatic rings. The number of halogens is 1. The van der Waals surface area contributed by atoms with Gasteiger partial charge in [0.2, 0.25) is 0 Å². The molecule has 0 aromatic heterocycles. The van der Waals surface area contributed by atoms with Crippen LogP contribution in [0.4, 0.5) is 0 Å². The van der Waals surface area contributed by atoms with Crippen LogP contribution in [-0.4, -0.2) is 16.0 Å². The van der Waals surface area contributed by atoms with Gasteiger partial charge in [-0.3, -0.25) is 0 Å². The maximum Gasteiger partial charge on any atom is 0.0256 e. The lowest BCUT2D eigenvalue weighted by Gasteiger charge is -2.34. The summed E-state index contributed by atoms with van der Waals surface area (Å²) in [6.45, 7) is 18.3. The van der Waals surface area contributed by atoms with E-state index in [2.05, 4.69) is 76.4 Å². The summed E-state index contributed by atoms with van der Waals surface area (Å²) in [4.78, 5) is 0. The van der Waals surface area contributed by atoms with Crippen molar-refractivity contribution in [1.29, 1.82) is 0 Å². The Labute approximate surface area is 203 Å². The van der Waals surface area contributed by atoms with Crippen LogP contribution in [0.3, 0.4) is 0 Å². The van der Waals surface area contributed by atoms with Gasteiger partial charge in [0.1, 0.15) is 0 Å². The van der Waals surface area contributed by atoms with E-state index in [1.54, 1.807) is 0 Å². The van der Waals surface area contributed by atoms with E-state index in [1.165, 1.54) is 77.2 Å². The van der Waals surface area contributed by atoms with Gasteiger partial charge in [0.25, 0.3) is 0 Å². The molecule has 2 saturated carbocycles. The van der Waals surface area contributed by atoms with Gasteiger partial charge < -0.3 is 5.32 Å². The van der Waals surface area contributed by atoms with Crippen LogP contribution >= 0.6 is 22.6 Å². The van der Waals surface area contributed by atoms with E-state index in [9.17, 15) is 0 Å². The van der Waals surface area contributed by atoms with E-state index < -0.39 is 0 Å². The molecule has 0 heterocycles. The fourth-order valence-electron chi connectivity index (χ4n) is 6.18. The Hall–Kier alpha value is 0.690. The van der Waals surface area contributed by atoms with Gasteiger partial charge in [0.05, 0.1) is 0 Å². The maximum absolute atomic E-state index is 3.80. The van der Waals surface area contributed by atoms with Crippen molar-refractivity contribution in [3.05, 3.63) is 0 Å². The van der Waals surface area contributed by atoms with E-state index in [0.717, 1.165) is 47.5 Å². The number of alkyl halides is 1. The molecular weight excluding hydrogens is 477 g/mol. The first kappa shape index (κ1) is 26.9. The molecule has 1 nitrogen and oxygen atoms in total. The zero-order chi connectivity index (χ0) is 22.3. The van der Waals surface area contributed by atoms with Crippen LogP contribution in [0.1, 0.15) is 119 Å². The van der Waals surface area contributed by atoms with Gasteiger partial charge in [-0.05, 0) is 80.1 Å². The van der Waals surface area contributed by atoms with E-state index in [1.807, 2.05) is 0 Å². The van der Waals surface area contributed by atoms with Crippen molar-refractivity contribution in [2.24, 2.45) is 41.4 Å². The molecule has 2 fully saturated rings. The number of hydrogen-bond donors (Lipinski definition) is 1. The monoisotopic (exact) mass is 531 g/mol. The molecule has 2 rings (SSSR count). The zero-order valence-electron chi connectivity index (χ0n) is 21.5. The van der Waals surface area contributed by atoms with Gasteiger partial charge in [-0.25, -0.2) is 0 Å². The first-order valence-electron chi connectivity index (χ1n) is 13.6.